The van der Waals surface area contributed by atoms with Gasteiger partial charge >= 0.3 is 0 Å². The minimum Gasteiger partial charge on any atom is -0.383 e. The first-order valence-electron chi connectivity index (χ1n) is 18.9. The Kier molecular flexibility index (Phi) is 7.99. The van der Waals surface area contributed by atoms with Gasteiger partial charge in [0.05, 0.1) is 22.6 Å². The molecular weight excluding hydrogens is 671 g/mol. The fraction of sp³-hybridized carbons (Fsp3) is 0.0800. The topological polar surface area (TPSA) is 60.6 Å². The molecule has 264 valence electrons. The lowest BCUT2D eigenvalue weighted by molar-refractivity contribution is 0.557. The highest BCUT2D eigenvalue weighted by Gasteiger charge is 2.24. The van der Waals surface area contributed by atoms with E-state index in [4.69, 9.17) is 15.7 Å². The highest BCUT2D eigenvalue weighted by molar-refractivity contribution is 6.18. The first kappa shape index (κ1) is 32.7. The van der Waals surface area contributed by atoms with Gasteiger partial charge in [-0.15, -0.1) is 0 Å². The summed E-state index contributed by atoms with van der Waals surface area (Å²) in [6.45, 7) is 2.32. The Morgan fingerprint density at radius 2 is 1.22 bits per heavy atom. The summed E-state index contributed by atoms with van der Waals surface area (Å²) < 4.78 is 4.96. The second-order valence-corrected chi connectivity index (χ2v) is 14.5. The fourth-order valence-electron chi connectivity index (χ4n) is 8.42. The Hall–Kier alpha value is -6.98. The van der Waals surface area contributed by atoms with Gasteiger partial charge in [-0.25, -0.2) is 4.99 Å². The zero-order valence-electron chi connectivity index (χ0n) is 30.5. The number of hydrogen-bond acceptors (Lipinski definition) is 2. The molecule has 0 bridgehead atoms. The van der Waals surface area contributed by atoms with Gasteiger partial charge < -0.3 is 14.9 Å². The van der Waals surface area contributed by atoms with E-state index in [0.717, 1.165) is 27.6 Å². The molecule has 9 aromatic rings. The van der Waals surface area contributed by atoms with Gasteiger partial charge in [0.25, 0.3) is 0 Å². The summed E-state index contributed by atoms with van der Waals surface area (Å²) in [7, 11) is 0. The van der Waals surface area contributed by atoms with Crippen molar-refractivity contribution >= 4 is 67.8 Å². The molecule has 0 fully saturated rings. The normalized spacial score (nSPS) is 16.4. The Balaban J connectivity index is 1.09. The van der Waals surface area contributed by atoms with Gasteiger partial charge in [-0.2, -0.15) is 0 Å². The minimum atomic E-state index is -0.460. The summed E-state index contributed by atoms with van der Waals surface area (Å²) in [5, 5.41) is 7.41. The smallest absolute Gasteiger partial charge is 0.167 e. The number of amidine groups is 1. The number of aromatic nitrogens is 2. The van der Waals surface area contributed by atoms with Crippen LogP contribution in [0.1, 0.15) is 35.8 Å². The van der Waals surface area contributed by atoms with Crippen LogP contribution >= 0.6 is 0 Å². The average molecular weight is 710 g/mol. The number of nitrogens with zero attached hydrogens (tertiary/aromatic N) is 4. The SMILES string of the molecule is CC1C=c2cc(C(N)=NC(N=Cc3ccccc3)c3ccccc3)ccc2=CC1n1c2ccccc2c2cc3c4ccccc4n(-c4ccccc4)c3cc21. The zero-order chi connectivity index (χ0) is 36.9. The Morgan fingerprint density at radius 1 is 0.582 bits per heavy atom. The van der Waals surface area contributed by atoms with E-state index in [2.05, 4.69) is 137 Å². The molecule has 0 aliphatic heterocycles. The average Bonchev–Trinajstić information content (AvgIpc) is 3.73. The third-order valence-electron chi connectivity index (χ3n) is 11.1. The molecule has 0 amide bonds. The van der Waals surface area contributed by atoms with Crippen LogP contribution < -0.4 is 16.2 Å². The van der Waals surface area contributed by atoms with Crippen LogP contribution in [0.3, 0.4) is 0 Å². The highest BCUT2D eigenvalue weighted by atomic mass is 15.0. The van der Waals surface area contributed by atoms with Crippen molar-refractivity contribution in [1.29, 1.82) is 0 Å². The van der Waals surface area contributed by atoms with Gasteiger partial charge in [0.2, 0.25) is 0 Å². The Labute approximate surface area is 319 Å². The molecule has 0 radical (unpaired) electrons. The van der Waals surface area contributed by atoms with Crippen LogP contribution in [-0.4, -0.2) is 21.2 Å². The highest BCUT2D eigenvalue weighted by Crippen LogP contribution is 2.41. The number of benzene rings is 7. The van der Waals surface area contributed by atoms with Gasteiger partial charge in [-0.05, 0) is 69.9 Å². The van der Waals surface area contributed by atoms with Crippen LogP contribution in [0, 0.1) is 5.92 Å². The fourth-order valence-corrected chi connectivity index (χ4v) is 8.42. The molecule has 2 N–H and O–H groups in total. The van der Waals surface area contributed by atoms with Gasteiger partial charge in [0.15, 0.2) is 6.17 Å². The lowest BCUT2D eigenvalue weighted by atomic mass is 9.92. The maximum atomic E-state index is 6.77. The van der Waals surface area contributed by atoms with Crippen LogP contribution in [0.4, 0.5) is 0 Å². The Morgan fingerprint density at radius 3 is 1.98 bits per heavy atom. The molecule has 1 aliphatic carbocycles. The molecule has 55 heavy (non-hydrogen) atoms. The minimum absolute atomic E-state index is 0.105. The van der Waals surface area contributed by atoms with E-state index in [1.807, 2.05) is 66.9 Å². The van der Waals surface area contributed by atoms with Gasteiger partial charge in [-0.1, -0.05) is 146 Å². The first-order chi connectivity index (χ1) is 27.1. The Bertz CT molecular complexity index is 3060. The second-order valence-electron chi connectivity index (χ2n) is 14.5. The van der Waals surface area contributed by atoms with Crippen LogP contribution in [0.5, 0.6) is 0 Å². The molecule has 0 spiro atoms. The molecule has 2 heterocycles. The van der Waals surface area contributed by atoms with E-state index in [1.54, 1.807) is 0 Å². The van der Waals surface area contributed by atoms with Crippen molar-refractivity contribution in [2.24, 2.45) is 21.6 Å². The van der Waals surface area contributed by atoms with Crippen LogP contribution in [0.2, 0.25) is 0 Å². The monoisotopic (exact) mass is 709 g/mol. The predicted octanol–water partition coefficient (Wildman–Crippen LogP) is 9.87. The van der Waals surface area contributed by atoms with Crippen molar-refractivity contribution in [3.05, 3.63) is 197 Å². The lowest BCUT2D eigenvalue weighted by Gasteiger charge is -2.25. The lowest BCUT2D eigenvalue weighted by Crippen LogP contribution is -2.34. The molecule has 5 heteroatoms. The molecule has 2 aromatic heterocycles. The van der Waals surface area contributed by atoms with Gasteiger partial charge in [-0.3, -0.25) is 4.99 Å². The van der Waals surface area contributed by atoms with Crippen molar-refractivity contribution in [3.63, 3.8) is 0 Å². The summed E-state index contributed by atoms with van der Waals surface area (Å²) in [4.78, 5) is 9.82. The maximum absolute atomic E-state index is 6.77. The number of hydrogen-bond donors (Lipinski definition) is 1. The number of para-hydroxylation sites is 3. The maximum Gasteiger partial charge on any atom is 0.167 e. The predicted molar refractivity (Wildman–Crippen MR) is 231 cm³/mol. The van der Waals surface area contributed by atoms with Crippen molar-refractivity contribution in [2.45, 2.75) is 19.1 Å². The molecule has 3 atom stereocenters. The first-order valence-corrected chi connectivity index (χ1v) is 18.9. The van der Waals surface area contributed by atoms with E-state index < -0.39 is 6.17 Å². The summed E-state index contributed by atoms with van der Waals surface area (Å²) in [5.41, 5.74) is 15.7. The number of aliphatic imine (C=N–C) groups is 2. The van der Waals surface area contributed by atoms with Crippen molar-refractivity contribution in [3.8, 4) is 5.69 Å². The van der Waals surface area contributed by atoms with E-state index in [-0.39, 0.29) is 12.0 Å². The zero-order valence-corrected chi connectivity index (χ0v) is 30.5. The number of fused-ring (bicyclic) bond motifs is 7. The van der Waals surface area contributed by atoms with E-state index in [0.29, 0.717) is 5.84 Å². The van der Waals surface area contributed by atoms with E-state index >= 15 is 0 Å². The van der Waals surface area contributed by atoms with Gasteiger partial charge in [0.1, 0.15) is 5.84 Å². The molecule has 7 aromatic carbocycles. The van der Waals surface area contributed by atoms with Gasteiger partial charge in [0, 0.05) is 44.5 Å². The molecule has 0 saturated heterocycles. The largest absolute Gasteiger partial charge is 0.383 e. The standard InChI is InChI=1S/C50H39N5/c1-33-27-38-28-37(49(51)53-50(35-17-7-3-8-18-35)52-32-34-15-5-2-6-16-34)26-25-36(38)29-46(33)55-45-24-14-12-22-41(45)43-30-42-40-21-11-13-23-44(40)54(47(42)31-48(43)55)39-19-9-4-10-20-39/h2-33,46,50H,1H3,(H2,51,53). The van der Waals surface area contributed by atoms with Crippen LogP contribution in [-0.2, 0) is 0 Å². The summed E-state index contributed by atoms with van der Waals surface area (Å²) in [6, 6.07) is 59.9. The van der Waals surface area contributed by atoms with Crippen molar-refractivity contribution in [1.82, 2.24) is 9.13 Å². The third-order valence-corrected chi connectivity index (χ3v) is 11.1. The second kappa shape index (κ2) is 13.5. The number of nitrogens with two attached hydrogens (primary N) is 1. The molecule has 0 saturated carbocycles. The molecule has 1 aliphatic rings. The number of rotatable bonds is 7. The summed E-state index contributed by atoms with van der Waals surface area (Å²) in [5.74, 6) is 0.674. The van der Waals surface area contributed by atoms with Crippen LogP contribution in [0.15, 0.2) is 180 Å². The van der Waals surface area contributed by atoms with Crippen LogP contribution in [0.25, 0.3) is 61.5 Å². The quantitative estimate of drug-likeness (QED) is 0.130. The molecular formula is C50H39N5. The molecule has 3 unspecified atom stereocenters. The molecule has 5 nitrogen and oxygen atoms in total. The van der Waals surface area contributed by atoms with Crippen molar-refractivity contribution < 1.29 is 0 Å². The summed E-state index contributed by atoms with van der Waals surface area (Å²) in [6.07, 6.45) is 6.22. The van der Waals surface area contributed by atoms with E-state index in [1.165, 1.54) is 48.8 Å². The van der Waals surface area contributed by atoms with E-state index in [9.17, 15) is 0 Å². The summed E-state index contributed by atoms with van der Waals surface area (Å²) >= 11 is 0. The molecule has 10 rings (SSSR count). The third kappa shape index (κ3) is 5.73. The van der Waals surface area contributed by atoms with Crippen molar-refractivity contribution in [2.75, 3.05) is 0 Å².